The minimum absolute atomic E-state index is 0.152. The van der Waals surface area contributed by atoms with Crippen LogP contribution in [0.4, 0.5) is 0 Å². The van der Waals surface area contributed by atoms with Gasteiger partial charge in [-0.3, -0.25) is 14.4 Å². The molecule has 5 heteroatoms. The molecule has 0 aliphatic carbocycles. The van der Waals surface area contributed by atoms with Crippen LogP contribution in [0.15, 0.2) is 24.3 Å². The van der Waals surface area contributed by atoms with Gasteiger partial charge in [0.25, 0.3) is 0 Å². The summed E-state index contributed by atoms with van der Waals surface area (Å²) < 4.78 is 0. The molecule has 0 aromatic heterocycles. The Kier molecular flexibility index (Phi) is 4.63. The molecule has 4 nitrogen and oxygen atoms in total. The monoisotopic (exact) mass is 303 g/mol. The Hall–Kier alpha value is -1.88. The van der Waals surface area contributed by atoms with Gasteiger partial charge in [0.15, 0.2) is 11.6 Å². The maximum Gasteiger partial charge on any atom is 0.228 e. The predicted octanol–water partition coefficient (Wildman–Crippen LogP) is 2.56. The SMILES string of the molecule is CC(=O)c1ccccc1C(=O)C(C)C1CCC(=S)NC1=O. The third-order valence-corrected chi connectivity index (χ3v) is 4.18. The second-order valence-electron chi connectivity index (χ2n) is 5.31. The molecule has 0 bridgehead atoms. The molecular formula is C16H17NO3S. The molecule has 1 N–H and O–H groups in total. The fraction of sp³-hybridized carbons (Fsp3) is 0.375. The van der Waals surface area contributed by atoms with Crippen LogP contribution >= 0.6 is 12.2 Å². The molecule has 2 unspecified atom stereocenters. The number of carbonyl (C=O) groups is 3. The van der Waals surface area contributed by atoms with Gasteiger partial charge in [-0.2, -0.15) is 0 Å². The first-order chi connectivity index (χ1) is 9.91. The van der Waals surface area contributed by atoms with Crippen molar-refractivity contribution in [3.8, 4) is 0 Å². The molecule has 1 amide bonds. The molecule has 2 atom stereocenters. The average molecular weight is 303 g/mol. The van der Waals surface area contributed by atoms with E-state index in [0.29, 0.717) is 29.0 Å². The van der Waals surface area contributed by atoms with Crippen LogP contribution < -0.4 is 5.32 Å². The Balaban J connectivity index is 2.26. The molecule has 2 rings (SSSR count). The maximum absolute atomic E-state index is 12.6. The minimum atomic E-state index is -0.478. The summed E-state index contributed by atoms with van der Waals surface area (Å²) in [7, 11) is 0. The Bertz CT molecular complexity index is 624. The van der Waals surface area contributed by atoms with Crippen LogP contribution in [0.5, 0.6) is 0 Å². The van der Waals surface area contributed by atoms with Gasteiger partial charge in [0.2, 0.25) is 5.91 Å². The summed E-state index contributed by atoms with van der Waals surface area (Å²) in [4.78, 5) is 36.8. The van der Waals surface area contributed by atoms with Gasteiger partial charge >= 0.3 is 0 Å². The van der Waals surface area contributed by atoms with E-state index in [2.05, 4.69) is 5.32 Å². The molecular weight excluding hydrogens is 286 g/mol. The summed E-state index contributed by atoms with van der Waals surface area (Å²) in [6.07, 6.45) is 1.18. The lowest BCUT2D eigenvalue weighted by atomic mass is 9.81. The Morgan fingerprint density at radius 3 is 2.48 bits per heavy atom. The highest BCUT2D eigenvalue weighted by Gasteiger charge is 2.34. The number of benzene rings is 1. The third-order valence-electron chi connectivity index (χ3n) is 3.87. The topological polar surface area (TPSA) is 63.2 Å². The van der Waals surface area contributed by atoms with Crippen LogP contribution in [0.3, 0.4) is 0 Å². The highest BCUT2D eigenvalue weighted by Crippen LogP contribution is 2.26. The summed E-state index contributed by atoms with van der Waals surface area (Å²) in [6.45, 7) is 3.17. The number of rotatable bonds is 4. The molecule has 21 heavy (non-hydrogen) atoms. The van der Waals surface area contributed by atoms with Crippen LogP contribution in [0.2, 0.25) is 0 Å². The number of hydrogen-bond donors (Lipinski definition) is 1. The zero-order valence-corrected chi connectivity index (χ0v) is 12.8. The first-order valence-corrected chi connectivity index (χ1v) is 7.30. The molecule has 110 valence electrons. The van der Waals surface area contributed by atoms with Crippen molar-refractivity contribution in [2.45, 2.75) is 26.7 Å². The molecule has 1 heterocycles. The van der Waals surface area contributed by atoms with E-state index in [0.717, 1.165) is 0 Å². The molecule has 0 saturated carbocycles. The summed E-state index contributed by atoms with van der Waals surface area (Å²) in [5.41, 5.74) is 0.791. The fourth-order valence-corrected chi connectivity index (χ4v) is 2.84. The van der Waals surface area contributed by atoms with E-state index in [-0.39, 0.29) is 17.5 Å². The molecule has 0 radical (unpaired) electrons. The van der Waals surface area contributed by atoms with E-state index in [1.165, 1.54) is 6.92 Å². The molecule has 0 spiro atoms. The van der Waals surface area contributed by atoms with E-state index in [1.54, 1.807) is 31.2 Å². The van der Waals surface area contributed by atoms with Gasteiger partial charge in [-0.1, -0.05) is 43.4 Å². The number of amides is 1. The first kappa shape index (κ1) is 15.5. The number of carbonyl (C=O) groups excluding carboxylic acids is 3. The number of hydrogen-bond acceptors (Lipinski definition) is 4. The van der Waals surface area contributed by atoms with Gasteiger partial charge in [0.1, 0.15) is 0 Å². The minimum Gasteiger partial charge on any atom is -0.320 e. The first-order valence-electron chi connectivity index (χ1n) is 6.89. The Morgan fingerprint density at radius 2 is 1.90 bits per heavy atom. The van der Waals surface area contributed by atoms with Gasteiger partial charge in [-0.05, 0) is 19.8 Å². The average Bonchev–Trinajstić information content (AvgIpc) is 2.45. The van der Waals surface area contributed by atoms with Crippen LogP contribution in [-0.4, -0.2) is 22.5 Å². The van der Waals surface area contributed by atoms with Crippen molar-refractivity contribution in [3.63, 3.8) is 0 Å². The Morgan fingerprint density at radius 1 is 1.29 bits per heavy atom. The fourth-order valence-electron chi connectivity index (χ4n) is 2.62. The van der Waals surface area contributed by atoms with Crippen molar-refractivity contribution >= 4 is 34.7 Å². The standard InChI is InChI=1S/C16H17NO3S/c1-9(11-7-8-14(21)17-16(11)20)15(19)13-6-4-3-5-12(13)10(2)18/h3-6,9,11H,7-8H2,1-2H3,(H,17,20,21). The molecule has 1 aromatic carbocycles. The van der Waals surface area contributed by atoms with Crippen molar-refractivity contribution in [1.82, 2.24) is 5.32 Å². The van der Waals surface area contributed by atoms with Gasteiger partial charge in [0.05, 0.1) is 4.99 Å². The lowest BCUT2D eigenvalue weighted by molar-refractivity contribution is -0.125. The number of thiocarbonyl (C=S) groups is 1. The van der Waals surface area contributed by atoms with Crippen LogP contribution in [-0.2, 0) is 4.79 Å². The molecule has 1 aromatic rings. The van der Waals surface area contributed by atoms with E-state index in [1.807, 2.05) is 0 Å². The second kappa shape index (κ2) is 6.26. The van der Waals surface area contributed by atoms with Crippen LogP contribution in [0, 0.1) is 11.8 Å². The normalized spacial score (nSPS) is 19.8. The molecule has 1 aliphatic rings. The van der Waals surface area contributed by atoms with Crippen LogP contribution in [0.1, 0.15) is 47.4 Å². The molecule has 1 aliphatic heterocycles. The number of nitrogens with one attached hydrogen (secondary N) is 1. The smallest absolute Gasteiger partial charge is 0.228 e. The van der Waals surface area contributed by atoms with Gasteiger partial charge in [-0.25, -0.2) is 0 Å². The van der Waals surface area contributed by atoms with Crippen molar-refractivity contribution in [2.24, 2.45) is 11.8 Å². The quantitative estimate of drug-likeness (QED) is 0.686. The van der Waals surface area contributed by atoms with Crippen molar-refractivity contribution < 1.29 is 14.4 Å². The summed E-state index contributed by atoms with van der Waals surface area (Å²) in [5, 5.41) is 2.63. The predicted molar refractivity (Wildman–Crippen MR) is 83.4 cm³/mol. The lowest BCUT2D eigenvalue weighted by Gasteiger charge is -2.27. The molecule has 1 fully saturated rings. The van der Waals surface area contributed by atoms with E-state index in [4.69, 9.17) is 12.2 Å². The highest BCUT2D eigenvalue weighted by atomic mass is 32.1. The zero-order valence-electron chi connectivity index (χ0n) is 12.0. The van der Waals surface area contributed by atoms with Gasteiger partial charge < -0.3 is 5.32 Å². The van der Waals surface area contributed by atoms with Crippen molar-refractivity contribution in [2.75, 3.05) is 0 Å². The summed E-state index contributed by atoms with van der Waals surface area (Å²) in [5.74, 6) is -1.40. The largest absolute Gasteiger partial charge is 0.320 e. The zero-order chi connectivity index (χ0) is 15.6. The number of piperidine rings is 1. The Labute approximate surface area is 128 Å². The highest BCUT2D eigenvalue weighted by molar-refractivity contribution is 7.80. The maximum atomic E-state index is 12.6. The number of Topliss-reactive ketones (excluding diaryl/α,β-unsaturated/α-hetero) is 2. The van der Waals surface area contributed by atoms with E-state index in [9.17, 15) is 14.4 Å². The third kappa shape index (κ3) is 3.24. The van der Waals surface area contributed by atoms with E-state index < -0.39 is 11.8 Å². The summed E-state index contributed by atoms with van der Waals surface area (Å²) in [6, 6.07) is 6.73. The van der Waals surface area contributed by atoms with Crippen molar-refractivity contribution in [3.05, 3.63) is 35.4 Å². The second-order valence-corrected chi connectivity index (χ2v) is 5.81. The lowest BCUT2D eigenvalue weighted by Crippen LogP contribution is -2.44. The van der Waals surface area contributed by atoms with Crippen LogP contribution in [0.25, 0.3) is 0 Å². The summed E-state index contributed by atoms with van der Waals surface area (Å²) >= 11 is 4.97. The van der Waals surface area contributed by atoms with Gasteiger partial charge in [-0.15, -0.1) is 0 Å². The number of ketones is 2. The van der Waals surface area contributed by atoms with Crippen molar-refractivity contribution in [1.29, 1.82) is 0 Å². The molecule has 1 saturated heterocycles. The van der Waals surface area contributed by atoms with E-state index >= 15 is 0 Å². The van der Waals surface area contributed by atoms with Gasteiger partial charge in [0, 0.05) is 23.0 Å².